The maximum atomic E-state index is 12.4. The van der Waals surface area contributed by atoms with Crippen LogP contribution in [0.2, 0.25) is 0 Å². The Bertz CT molecular complexity index is 911. The zero-order chi connectivity index (χ0) is 18.6. The molecule has 3 aromatic rings. The lowest BCUT2D eigenvalue weighted by Crippen LogP contribution is -2.15. The molecule has 1 aliphatic rings. The highest BCUT2D eigenvalue weighted by Crippen LogP contribution is 2.31. The highest BCUT2D eigenvalue weighted by molar-refractivity contribution is 7.21. The molecular formula is C22H25N3OS. The SMILES string of the molecule is Cc1cc(-c2nc3cccnc3s2)ccc1NC(=O)CCC1CCCCC1. The summed E-state index contributed by atoms with van der Waals surface area (Å²) >= 11 is 1.59. The molecule has 5 heteroatoms. The van der Waals surface area contributed by atoms with Crippen LogP contribution in [0, 0.1) is 12.8 Å². The van der Waals surface area contributed by atoms with Gasteiger partial charge in [0.05, 0.1) is 0 Å². The van der Waals surface area contributed by atoms with Crippen LogP contribution in [-0.4, -0.2) is 15.9 Å². The van der Waals surface area contributed by atoms with Crippen molar-refractivity contribution in [3.8, 4) is 10.6 Å². The lowest BCUT2D eigenvalue weighted by molar-refractivity contribution is -0.116. The molecular weight excluding hydrogens is 354 g/mol. The Hall–Kier alpha value is -2.27. The van der Waals surface area contributed by atoms with Crippen molar-refractivity contribution in [2.45, 2.75) is 51.9 Å². The predicted molar refractivity (Wildman–Crippen MR) is 112 cm³/mol. The van der Waals surface area contributed by atoms with E-state index in [0.717, 1.165) is 44.5 Å². The lowest BCUT2D eigenvalue weighted by Gasteiger charge is -2.21. The van der Waals surface area contributed by atoms with Crippen LogP contribution in [0.1, 0.15) is 50.5 Å². The first-order chi connectivity index (χ1) is 13.2. The molecule has 2 heterocycles. The summed E-state index contributed by atoms with van der Waals surface area (Å²) in [5.41, 5.74) is 3.95. The summed E-state index contributed by atoms with van der Waals surface area (Å²) < 4.78 is 0. The Labute approximate surface area is 164 Å². The van der Waals surface area contributed by atoms with Crippen molar-refractivity contribution >= 4 is 33.3 Å². The average molecular weight is 380 g/mol. The number of anilines is 1. The fraction of sp³-hybridized carbons (Fsp3) is 0.409. The summed E-state index contributed by atoms with van der Waals surface area (Å²) in [6, 6.07) is 10.00. The van der Waals surface area contributed by atoms with E-state index < -0.39 is 0 Å². The molecule has 0 spiro atoms. The second-order valence-corrected chi connectivity index (χ2v) is 8.44. The van der Waals surface area contributed by atoms with Gasteiger partial charge in [0.2, 0.25) is 5.91 Å². The Morgan fingerprint density at radius 2 is 2.07 bits per heavy atom. The number of benzene rings is 1. The molecule has 1 amide bonds. The van der Waals surface area contributed by atoms with Gasteiger partial charge < -0.3 is 5.32 Å². The number of nitrogens with one attached hydrogen (secondary N) is 1. The van der Waals surface area contributed by atoms with Gasteiger partial charge in [-0.1, -0.05) is 43.4 Å². The summed E-state index contributed by atoms with van der Waals surface area (Å²) in [4.78, 5) is 22.3. The Balaban J connectivity index is 1.41. The number of amides is 1. The molecule has 0 atom stereocenters. The molecule has 1 aromatic carbocycles. The average Bonchev–Trinajstić information content (AvgIpc) is 3.13. The molecule has 1 fully saturated rings. The van der Waals surface area contributed by atoms with E-state index in [1.807, 2.05) is 31.2 Å². The number of rotatable bonds is 5. The number of thiazole rings is 1. The molecule has 1 N–H and O–H groups in total. The first-order valence-electron chi connectivity index (χ1n) is 9.81. The number of fused-ring (bicyclic) bond motifs is 1. The fourth-order valence-electron chi connectivity index (χ4n) is 3.85. The van der Waals surface area contributed by atoms with Crippen LogP contribution in [0.15, 0.2) is 36.5 Å². The summed E-state index contributed by atoms with van der Waals surface area (Å²) in [6.45, 7) is 2.03. The molecule has 4 nitrogen and oxygen atoms in total. The topological polar surface area (TPSA) is 54.9 Å². The normalized spacial score (nSPS) is 15.1. The Morgan fingerprint density at radius 1 is 1.22 bits per heavy atom. The third-order valence-corrected chi connectivity index (χ3v) is 6.45. The van der Waals surface area contributed by atoms with Crippen molar-refractivity contribution < 1.29 is 4.79 Å². The highest BCUT2D eigenvalue weighted by atomic mass is 32.1. The molecule has 1 aliphatic carbocycles. The van der Waals surface area contributed by atoms with Gasteiger partial charge >= 0.3 is 0 Å². The van der Waals surface area contributed by atoms with Gasteiger partial charge in [-0.2, -0.15) is 0 Å². The van der Waals surface area contributed by atoms with E-state index in [1.54, 1.807) is 17.5 Å². The molecule has 0 saturated heterocycles. The Morgan fingerprint density at radius 3 is 2.85 bits per heavy atom. The second kappa shape index (κ2) is 8.17. The van der Waals surface area contributed by atoms with E-state index in [2.05, 4.69) is 21.4 Å². The van der Waals surface area contributed by atoms with Gasteiger partial charge in [-0.15, -0.1) is 0 Å². The van der Waals surface area contributed by atoms with E-state index in [-0.39, 0.29) is 5.91 Å². The van der Waals surface area contributed by atoms with Crippen molar-refractivity contribution in [3.63, 3.8) is 0 Å². The van der Waals surface area contributed by atoms with Crippen molar-refractivity contribution in [1.82, 2.24) is 9.97 Å². The highest BCUT2D eigenvalue weighted by Gasteiger charge is 2.15. The number of aromatic nitrogens is 2. The van der Waals surface area contributed by atoms with E-state index >= 15 is 0 Å². The minimum atomic E-state index is 0.126. The standard InChI is InChI=1S/C22H25N3OS/c1-15-14-17(21-25-19-8-5-13-23-22(19)27-21)10-11-18(15)24-20(26)12-9-16-6-3-2-4-7-16/h5,8,10-11,13-14,16H,2-4,6-7,9,12H2,1H3,(H,24,26). The number of carbonyl (C=O) groups is 1. The van der Waals surface area contributed by atoms with Crippen LogP contribution >= 0.6 is 11.3 Å². The van der Waals surface area contributed by atoms with Crippen molar-refractivity contribution in [3.05, 3.63) is 42.1 Å². The van der Waals surface area contributed by atoms with Crippen LogP contribution in [0.5, 0.6) is 0 Å². The molecule has 0 aliphatic heterocycles. The van der Waals surface area contributed by atoms with Gasteiger partial charge in [0.15, 0.2) is 0 Å². The smallest absolute Gasteiger partial charge is 0.224 e. The van der Waals surface area contributed by atoms with Crippen LogP contribution in [0.4, 0.5) is 5.69 Å². The molecule has 1 saturated carbocycles. The fourth-order valence-corrected chi connectivity index (χ4v) is 4.76. The quantitative estimate of drug-likeness (QED) is 0.594. The molecule has 140 valence electrons. The minimum Gasteiger partial charge on any atom is -0.326 e. The van der Waals surface area contributed by atoms with Crippen LogP contribution in [-0.2, 0) is 4.79 Å². The van der Waals surface area contributed by atoms with Crippen molar-refractivity contribution in [2.24, 2.45) is 5.92 Å². The maximum Gasteiger partial charge on any atom is 0.224 e. The predicted octanol–water partition coefficient (Wildman–Crippen LogP) is 5.97. The van der Waals surface area contributed by atoms with E-state index in [0.29, 0.717) is 6.42 Å². The van der Waals surface area contributed by atoms with Gasteiger partial charge in [0.1, 0.15) is 15.4 Å². The molecule has 27 heavy (non-hydrogen) atoms. The number of hydrogen-bond acceptors (Lipinski definition) is 4. The van der Waals surface area contributed by atoms with E-state index in [4.69, 9.17) is 0 Å². The van der Waals surface area contributed by atoms with Crippen LogP contribution in [0.3, 0.4) is 0 Å². The van der Waals surface area contributed by atoms with Gasteiger partial charge in [0.25, 0.3) is 0 Å². The minimum absolute atomic E-state index is 0.126. The summed E-state index contributed by atoms with van der Waals surface area (Å²) in [6.07, 6.45) is 10.0. The zero-order valence-electron chi connectivity index (χ0n) is 15.7. The summed E-state index contributed by atoms with van der Waals surface area (Å²) in [5.74, 6) is 0.862. The molecule has 2 aromatic heterocycles. The molecule has 0 bridgehead atoms. The van der Waals surface area contributed by atoms with Gasteiger partial charge in [0, 0.05) is 23.9 Å². The van der Waals surface area contributed by atoms with Crippen molar-refractivity contribution in [2.75, 3.05) is 5.32 Å². The number of aryl methyl sites for hydroxylation is 1. The van der Waals surface area contributed by atoms with Gasteiger partial charge in [-0.05, 0) is 55.2 Å². The Kier molecular flexibility index (Phi) is 5.48. The lowest BCUT2D eigenvalue weighted by atomic mass is 9.86. The van der Waals surface area contributed by atoms with E-state index in [9.17, 15) is 4.79 Å². The number of hydrogen-bond donors (Lipinski definition) is 1. The molecule has 0 radical (unpaired) electrons. The summed E-state index contributed by atoms with van der Waals surface area (Å²) in [7, 11) is 0. The summed E-state index contributed by atoms with van der Waals surface area (Å²) in [5, 5.41) is 4.05. The number of pyridine rings is 1. The first-order valence-corrected chi connectivity index (χ1v) is 10.6. The largest absolute Gasteiger partial charge is 0.326 e. The van der Waals surface area contributed by atoms with Crippen LogP contribution in [0.25, 0.3) is 20.9 Å². The van der Waals surface area contributed by atoms with Gasteiger partial charge in [-0.25, -0.2) is 9.97 Å². The first kappa shape index (κ1) is 18.1. The number of carbonyl (C=O) groups excluding carboxylic acids is 1. The third kappa shape index (κ3) is 4.35. The second-order valence-electron chi connectivity index (χ2n) is 7.47. The van der Waals surface area contributed by atoms with E-state index in [1.165, 1.54) is 32.1 Å². The molecule has 0 unspecified atom stereocenters. The molecule has 4 rings (SSSR count). The number of nitrogens with zero attached hydrogens (tertiary/aromatic N) is 2. The van der Waals surface area contributed by atoms with Gasteiger partial charge in [-0.3, -0.25) is 4.79 Å². The third-order valence-electron chi connectivity index (χ3n) is 5.42. The maximum absolute atomic E-state index is 12.4. The van der Waals surface area contributed by atoms with Crippen LogP contribution < -0.4 is 5.32 Å². The monoisotopic (exact) mass is 379 g/mol. The van der Waals surface area contributed by atoms with Crippen molar-refractivity contribution in [1.29, 1.82) is 0 Å². The zero-order valence-corrected chi connectivity index (χ0v) is 16.5.